The van der Waals surface area contributed by atoms with E-state index in [1.165, 1.54) is 18.2 Å². The average molecular weight is 1020 g/mol. The Balaban J connectivity index is -0.0000000675. The van der Waals surface area contributed by atoms with E-state index in [0.29, 0.717) is 44.5 Å². The first-order chi connectivity index (χ1) is 33.6. The summed E-state index contributed by atoms with van der Waals surface area (Å²) in [5.41, 5.74) is 0. The molecule has 10 nitrogen and oxygen atoms in total. The van der Waals surface area contributed by atoms with Gasteiger partial charge >= 0.3 is 47.5 Å². The van der Waals surface area contributed by atoms with Gasteiger partial charge in [-0.2, -0.15) is 0 Å². The van der Waals surface area contributed by atoms with Gasteiger partial charge in [-0.25, -0.2) is 14.4 Å². The standard InChI is InChI=1S/2C11H18O2.C7H14O.3C7H12O.C6H10.C4H6O2.B.Na.H/c1-4-6-8-10(3)9-13-11(12)7-5-2;1-3-5-6-7-8-10-13-11(12)9-4-2;2*1-3-4-5-7(2)6-8;2*1-2-3-4-5-6-7-8;1-3-5-6-4-2;1-2-3-4(5)6;;;/h4-5,7,10H,1,6,8-9H2,2-3H3;3-5,9H,6-8,10H2,1-2H3;3,7-8H,1,4-6H2,2H3;3,6-7H,1,4-5H2,2H3;2*2-3,7H,4-6H2,1H3;3-4H,1-2,5-6H2;2-3H,1H3,(H,5,6);;;/q;;;;;;;;;+1;-1/b7-5+;5-3-,9-4+;;;2*3-2-;;3-2+;;;. The van der Waals surface area contributed by atoms with Gasteiger partial charge in [0.15, 0.2) is 0 Å². The molecule has 0 spiro atoms. The minimum absolute atomic E-state index is 0. The van der Waals surface area contributed by atoms with Gasteiger partial charge in [0.25, 0.3) is 0 Å². The molecule has 0 bridgehead atoms. The molecule has 3 atom stereocenters. The number of carbonyl (C=O) groups is 6. The summed E-state index contributed by atoms with van der Waals surface area (Å²) >= 11 is 0. The number of unbranched alkanes of at least 4 members (excludes halogenated alkanes) is 7. The fourth-order valence-electron chi connectivity index (χ4n) is 4.07. The molecule has 2 N–H and O–H groups in total. The molecule has 0 aliphatic heterocycles. The van der Waals surface area contributed by atoms with Crippen molar-refractivity contribution < 1.29 is 79.4 Å². The van der Waals surface area contributed by atoms with Crippen molar-refractivity contribution in [1.82, 2.24) is 0 Å². The van der Waals surface area contributed by atoms with Crippen LogP contribution >= 0.6 is 0 Å². The summed E-state index contributed by atoms with van der Waals surface area (Å²) in [6.45, 7) is 36.4. The maximum absolute atomic E-state index is 10.9. The normalized spacial score (nSPS) is 10.9. The van der Waals surface area contributed by atoms with E-state index in [1.54, 1.807) is 32.9 Å². The van der Waals surface area contributed by atoms with Crippen LogP contribution in [0.3, 0.4) is 0 Å². The van der Waals surface area contributed by atoms with Crippen LogP contribution in [0.1, 0.15) is 173 Å². The third-order valence-corrected chi connectivity index (χ3v) is 8.20. The maximum atomic E-state index is 10.9. The van der Waals surface area contributed by atoms with E-state index in [-0.39, 0.29) is 57.3 Å². The van der Waals surface area contributed by atoms with Crippen molar-refractivity contribution in [3.05, 3.63) is 136 Å². The van der Waals surface area contributed by atoms with Gasteiger partial charge in [0.05, 0.1) is 13.2 Å². The number of aldehydes is 3. The van der Waals surface area contributed by atoms with Gasteiger partial charge < -0.3 is 35.5 Å². The Labute approximate surface area is 467 Å². The molecule has 0 aromatic heterocycles. The van der Waals surface area contributed by atoms with Crippen molar-refractivity contribution in [2.45, 2.75) is 171 Å². The number of rotatable bonds is 32. The molecule has 0 aromatic rings. The van der Waals surface area contributed by atoms with Crippen LogP contribution in [-0.2, 0) is 38.2 Å². The van der Waals surface area contributed by atoms with Crippen molar-refractivity contribution in [2.24, 2.45) is 17.8 Å². The van der Waals surface area contributed by atoms with Crippen LogP contribution in [0.5, 0.6) is 0 Å². The molecule has 0 rings (SSSR count). The summed E-state index contributed by atoms with van der Waals surface area (Å²) in [7, 11) is 0. The van der Waals surface area contributed by atoms with Gasteiger partial charge in [0.1, 0.15) is 18.9 Å². The number of esters is 2. The average Bonchev–Trinajstić information content (AvgIpc) is 3.35. The van der Waals surface area contributed by atoms with Crippen molar-refractivity contribution >= 4 is 45.2 Å². The molecule has 0 amide bonds. The fourth-order valence-corrected chi connectivity index (χ4v) is 4.07. The number of allylic oxidation sites excluding steroid dienone is 14. The van der Waals surface area contributed by atoms with Gasteiger partial charge in [0.2, 0.25) is 0 Å². The molecule has 407 valence electrons. The van der Waals surface area contributed by atoms with E-state index in [1.807, 2.05) is 83.2 Å². The number of carbonyl (C=O) groups excluding carboxylic acids is 5. The number of ether oxygens (including phenoxy) is 2. The summed E-state index contributed by atoms with van der Waals surface area (Å²) in [6.07, 6.45) is 50.0. The van der Waals surface area contributed by atoms with E-state index in [4.69, 9.17) is 19.7 Å². The predicted molar refractivity (Wildman–Crippen MR) is 308 cm³/mol. The van der Waals surface area contributed by atoms with Crippen LogP contribution in [0, 0.1) is 17.8 Å². The van der Waals surface area contributed by atoms with Crippen molar-refractivity contribution in [2.75, 3.05) is 19.8 Å². The molecular formula is C60H103BNaO10. The molecule has 0 fully saturated rings. The Bertz CT molecular complexity index is 1360. The second-order valence-corrected chi connectivity index (χ2v) is 15.3. The fraction of sp³-hybridized carbons (Fsp3) is 0.533. The van der Waals surface area contributed by atoms with E-state index >= 15 is 0 Å². The minimum Gasteiger partial charge on any atom is -1.00 e. The molecule has 3 radical (unpaired) electrons. The molecule has 0 saturated carbocycles. The third-order valence-electron chi connectivity index (χ3n) is 8.20. The topological polar surface area (TPSA) is 161 Å². The first-order valence-electron chi connectivity index (χ1n) is 24.9. The molecule has 72 heavy (non-hydrogen) atoms. The Kier molecular flexibility index (Phi) is 116. The van der Waals surface area contributed by atoms with Crippen molar-refractivity contribution in [3.8, 4) is 0 Å². The van der Waals surface area contributed by atoms with Crippen molar-refractivity contribution in [1.29, 1.82) is 0 Å². The molecule has 0 aliphatic carbocycles. The largest absolute Gasteiger partial charge is 1.00 e. The van der Waals surface area contributed by atoms with Crippen LogP contribution in [0.4, 0.5) is 0 Å². The summed E-state index contributed by atoms with van der Waals surface area (Å²) in [4.78, 5) is 60.7. The van der Waals surface area contributed by atoms with E-state index < -0.39 is 5.97 Å². The van der Waals surface area contributed by atoms with Gasteiger partial charge in [-0.1, -0.05) is 106 Å². The Morgan fingerprint density at radius 2 is 0.875 bits per heavy atom. The SMILES string of the molecule is C/C=C/C(=O)O.C/C=C\CCCC=O.C/C=C\CCCC=O.C/C=C\CCCCOC(=O)/C=C/C.C=CCCC(C)C=O.C=CCCC(C)CO.C=CCCC(C)COC(=O)/C=C/C.C=CCCC=C.[B].[H-].[Na+]. The van der Waals surface area contributed by atoms with E-state index in [0.717, 1.165) is 121 Å². The number of carboxylic acids is 1. The van der Waals surface area contributed by atoms with Crippen LogP contribution in [0.25, 0.3) is 0 Å². The second kappa shape index (κ2) is 92.7. The Morgan fingerprint density at radius 3 is 1.19 bits per heavy atom. The molecule has 3 unspecified atom stereocenters. The molecule has 0 saturated heterocycles. The first-order valence-corrected chi connectivity index (χ1v) is 24.9. The Hall–Kier alpha value is -4.42. The minimum atomic E-state index is -0.891. The summed E-state index contributed by atoms with van der Waals surface area (Å²) < 4.78 is 9.89. The van der Waals surface area contributed by atoms with Crippen LogP contribution in [0.2, 0.25) is 0 Å². The predicted octanol–water partition coefficient (Wildman–Crippen LogP) is 12.3. The number of aliphatic carboxylic acids is 1. The Morgan fingerprint density at radius 1 is 0.500 bits per heavy atom. The number of hydrogen-bond donors (Lipinski definition) is 2. The summed E-state index contributed by atoms with van der Waals surface area (Å²) in [5.74, 6) is -0.341. The van der Waals surface area contributed by atoms with Crippen LogP contribution in [0.15, 0.2) is 136 Å². The molecule has 0 aliphatic rings. The molecule has 0 aromatic carbocycles. The number of carboxylic acid groups (broad SMARTS) is 1. The number of aliphatic hydroxyl groups excluding tert-OH is 1. The van der Waals surface area contributed by atoms with Crippen LogP contribution in [-0.4, -0.2) is 75.2 Å². The maximum Gasteiger partial charge on any atom is 1.00 e. The smallest absolute Gasteiger partial charge is 1.00 e. The summed E-state index contributed by atoms with van der Waals surface area (Å²) in [6, 6.07) is 0. The third kappa shape index (κ3) is 126. The van der Waals surface area contributed by atoms with Crippen LogP contribution < -0.4 is 29.6 Å². The zero-order valence-corrected chi connectivity index (χ0v) is 49.2. The number of aliphatic hydroxyl groups is 1. The second-order valence-electron chi connectivity index (χ2n) is 15.3. The molecule has 0 heterocycles. The van der Waals surface area contributed by atoms with Crippen molar-refractivity contribution in [3.63, 3.8) is 0 Å². The zero-order valence-electron chi connectivity index (χ0n) is 48.2. The zero-order chi connectivity index (χ0) is 55.2. The first kappa shape index (κ1) is 90.4. The van der Waals surface area contributed by atoms with E-state index in [9.17, 15) is 28.8 Å². The van der Waals surface area contributed by atoms with Gasteiger partial charge in [0, 0.05) is 52.0 Å². The van der Waals surface area contributed by atoms with Gasteiger partial charge in [-0.15, -0.1) is 32.9 Å². The molecule has 12 heteroatoms. The summed E-state index contributed by atoms with van der Waals surface area (Å²) in [5, 5.41) is 16.4. The quantitative estimate of drug-likeness (QED) is 0.0166. The van der Waals surface area contributed by atoms with E-state index in [2.05, 4.69) is 58.0 Å². The molecular weight excluding hydrogens is 914 g/mol. The number of hydrogen-bond acceptors (Lipinski definition) is 9. The van der Waals surface area contributed by atoms with Gasteiger partial charge in [-0.05, 0) is 150 Å². The van der Waals surface area contributed by atoms with Gasteiger partial charge in [-0.3, -0.25) is 0 Å². The monoisotopic (exact) mass is 1020 g/mol.